The summed E-state index contributed by atoms with van der Waals surface area (Å²) in [7, 11) is 1.54. The van der Waals surface area contributed by atoms with Crippen molar-refractivity contribution in [2.24, 2.45) is 22.1 Å². The summed E-state index contributed by atoms with van der Waals surface area (Å²) in [6.45, 7) is 2.00. The summed E-state index contributed by atoms with van der Waals surface area (Å²) in [5.41, 5.74) is 6.86. The number of aliphatic imine (C=N–C) groups is 1. The molecule has 0 radical (unpaired) electrons. The summed E-state index contributed by atoms with van der Waals surface area (Å²) in [4.78, 5) is 29.4. The lowest BCUT2D eigenvalue weighted by Gasteiger charge is -2.45. The largest absolute Gasteiger partial charge is 0.393 e. The molecule has 2 amide bonds. The number of carbonyl (C=O) groups is 2. The van der Waals surface area contributed by atoms with Crippen molar-refractivity contribution in [1.82, 2.24) is 5.32 Å². The minimum Gasteiger partial charge on any atom is -0.393 e. The average molecular weight is 355 g/mol. The van der Waals surface area contributed by atoms with Crippen LogP contribution < -0.4 is 11.1 Å². The second kappa shape index (κ2) is 7.03. The highest BCUT2D eigenvalue weighted by Gasteiger charge is 2.51. The van der Waals surface area contributed by atoms with Crippen LogP contribution in [-0.2, 0) is 9.59 Å². The fourth-order valence-corrected chi connectivity index (χ4v) is 3.86. The van der Waals surface area contributed by atoms with Crippen molar-refractivity contribution in [3.8, 4) is 0 Å². The van der Waals surface area contributed by atoms with Crippen molar-refractivity contribution in [1.29, 1.82) is 0 Å². The van der Waals surface area contributed by atoms with Crippen LogP contribution in [-0.4, -0.2) is 35.8 Å². The van der Waals surface area contributed by atoms with E-state index in [0.717, 1.165) is 5.56 Å². The van der Waals surface area contributed by atoms with Gasteiger partial charge in [-0.2, -0.15) is 0 Å². The number of aliphatic hydroxyl groups is 1. The molecule has 1 aromatic rings. The van der Waals surface area contributed by atoms with Gasteiger partial charge in [-0.15, -0.1) is 0 Å². The molecule has 1 aliphatic heterocycles. The number of nitrogens with two attached hydrogens (primary N) is 1. The number of benzene rings is 1. The monoisotopic (exact) mass is 355 g/mol. The maximum Gasteiger partial charge on any atom is 0.265 e. The molecule has 0 saturated heterocycles. The van der Waals surface area contributed by atoms with Crippen LogP contribution in [0.2, 0.25) is 0 Å². The van der Waals surface area contributed by atoms with Crippen molar-refractivity contribution >= 4 is 17.5 Å². The van der Waals surface area contributed by atoms with E-state index in [-0.39, 0.29) is 24.2 Å². The van der Waals surface area contributed by atoms with E-state index in [9.17, 15) is 14.7 Å². The molecule has 2 atom stereocenters. The van der Waals surface area contributed by atoms with Gasteiger partial charge in [0, 0.05) is 25.1 Å². The first-order valence-electron chi connectivity index (χ1n) is 8.92. The third-order valence-corrected chi connectivity index (χ3v) is 5.66. The Morgan fingerprint density at radius 3 is 2.50 bits per heavy atom. The summed E-state index contributed by atoms with van der Waals surface area (Å²) in [5.74, 6) is -0.937. The van der Waals surface area contributed by atoms with Gasteiger partial charge in [-0.05, 0) is 30.4 Å². The van der Waals surface area contributed by atoms with Crippen LogP contribution >= 0.6 is 0 Å². The summed E-state index contributed by atoms with van der Waals surface area (Å²) >= 11 is 0. The Labute approximate surface area is 153 Å². The van der Waals surface area contributed by atoms with Gasteiger partial charge in [0.15, 0.2) is 0 Å². The van der Waals surface area contributed by atoms with Gasteiger partial charge in [-0.25, -0.2) is 0 Å². The standard InChI is InChI=1S/C20H25N3O3/c1-12(13-6-4-3-5-7-13)16-10-20(19(21)26,14-8-15(24)9-14)11-17(23-16)18(25)22-2/h3-7,10,12,14-15,24H,8-9,11H2,1-2H3,(H2,21,26)(H,22,25). The molecule has 1 aromatic carbocycles. The van der Waals surface area contributed by atoms with Gasteiger partial charge in [-0.3, -0.25) is 14.6 Å². The maximum atomic E-state index is 12.5. The van der Waals surface area contributed by atoms with E-state index >= 15 is 0 Å². The SMILES string of the molecule is CNC(=O)C1=NC(C(C)c2ccccc2)=CC(C(N)=O)(C2CC(O)C2)C1. The van der Waals surface area contributed by atoms with Crippen molar-refractivity contribution in [2.75, 3.05) is 7.05 Å². The van der Waals surface area contributed by atoms with Crippen molar-refractivity contribution in [3.05, 3.63) is 47.7 Å². The number of hydrogen-bond acceptors (Lipinski definition) is 4. The third kappa shape index (κ3) is 3.17. The Bertz CT molecular complexity index is 766. The summed E-state index contributed by atoms with van der Waals surface area (Å²) in [6, 6.07) is 9.82. The number of hydrogen-bond donors (Lipinski definition) is 3. The first-order valence-corrected chi connectivity index (χ1v) is 8.92. The zero-order chi connectivity index (χ0) is 18.9. The second-order valence-corrected chi connectivity index (χ2v) is 7.24. The fourth-order valence-electron chi connectivity index (χ4n) is 3.86. The van der Waals surface area contributed by atoms with Crippen LogP contribution in [0.3, 0.4) is 0 Å². The molecule has 6 heteroatoms. The number of nitrogens with one attached hydrogen (secondary N) is 1. The maximum absolute atomic E-state index is 12.5. The number of amides is 2. The van der Waals surface area contributed by atoms with Crippen molar-refractivity contribution in [2.45, 2.75) is 38.2 Å². The average Bonchev–Trinajstić information content (AvgIpc) is 2.64. The molecular formula is C20H25N3O3. The predicted molar refractivity (Wildman–Crippen MR) is 99.4 cm³/mol. The Morgan fingerprint density at radius 2 is 1.96 bits per heavy atom. The van der Waals surface area contributed by atoms with E-state index in [1.807, 2.05) is 43.3 Å². The highest BCUT2D eigenvalue weighted by Crippen LogP contribution is 2.49. The summed E-state index contributed by atoms with van der Waals surface area (Å²) < 4.78 is 0. The quantitative estimate of drug-likeness (QED) is 0.745. The van der Waals surface area contributed by atoms with Crippen LogP contribution in [0.25, 0.3) is 0 Å². The Morgan fingerprint density at radius 1 is 1.31 bits per heavy atom. The van der Waals surface area contributed by atoms with Gasteiger partial charge in [0.05, 0.1) is 11.5 Å². The minimum absolute atomic E-state index is 0.0804. The van der Waals surface area contributed by atoms with E-state index in [4.69, 9.17) is 5.73 Å². The minimum atomic E-state index is -0.985. The highest BCUT2D eigenvalue weighted by atomic mass is 16.3. The Balaban J connectivity index is 2.06. The molecule has 6 nitrogen and oxygen atoms in total. The normalized spacial score (nSPS) is 29.0. The van der Waals surface area contributed by atoms with Gasteiger partial charge in [-0.1, -0.05) is 37.3 Å². The van der Waals surface area contributed by atoms with E-state index in [1.54, 1.807) is 7.05 Å². The number of nitrogens with zero attached hydrogens (tertiary/aromatic N) is 1. The van der Waals surface area contributed by atoms with Crippen LogP contribution in [0.4, 0.5) is 0 Å². The molecule has 3 rings (SSSR count). The molecule has 26 heavy (non-hydrogen) atoms. The topological polar surface area (TPSA) is 105 Å². The Hall–Kier alpha value is -2.47. The zero-order valence-corrected chi connectivity index (χ0v) is 15.1. The molecule has 0 bridgehead atoms. The van der Waals surface area contributed by atoms with Crippen LogP contribution in [0.5, 0.6) is 0 Å². The number of carbonyl (C=O) groups excluding carboxylic acids is 2. The molecule has 0 aromatic heterocycles. The van der Waals surface area contributed by atoms with Crippen LogP contribution in [0.1, 0.15) is 37.7 Å². The van der Waals surface area contributed by atoms with Gasteiger partial charge in [0.1, 0.15) is 5.71 Å². The zero-order valence-electron chi connectivity index (χ0n) is 15.1. The lowest BCUT2D eigenvalue weighted by Crippen LogP contribution is -2.52. The first kappa shape index (κ1) is 18.3. The number of rotatable bonds is 5. The molecule has 1 saturated carbocycles. The number of aliphatic hydroxyl groups excluding tert-OH is 1. The molecule has 4 N–H and O–H groups in total. The summed E-state index contributed by atoms with van der Waals surface area (Å²) in [6.07, 6.45) is 2.61. The molecule has 1 heterocycles. The predicted octanol–water partition coefficient (Wildman–Crippen LogP) is 1.51. The Kier molecular flexibility index (Phi) is 4.96. The van der Waals surface area contributed by atoms with E-state index in [0.29, 0.717) is 24.3 Å². The molecule has 1 aliphatic carbocycles. The molecule has 0 spiro atoms. The van der Waals surface area contributed by atoms with Gasteiger partial charge in [0.25, 0.3) is 5.91 Å². The van der Waals surface area contributed by atoms with E-state index in [1.165, 1.54) is 0 Å². The molecule has 2 unspecified atom stereocenters. The van der Waals surface area contributed by atoms with E-state index < -0.39 is 17.4 Å². The fraction of sp³-hybridized carbons (Fsp3) is 0.450. The molecular weight excluding hydrogens is 330 g/mol. The van der Waals surface area contributed by atoms with Crippen molar-refractivity contribution < 1.29 is 14.7 Å². The highest BCUT2D eigenvalue weighted by molar-refractivity contribution is 6.39. The third-order valence-electron chi connectivity index (χ3n) is 5.66. The smallest absolute Gasteiger partial charge is 0.265 e. The van der Waals surface area contributed by atoms with Crippen molar-refractivity contribution in [3.63, 3.8) is 0 Å². The van der Waals surface area contributed by atoms with Crippen LogP contribution in [0, 0.1) is 11.3 Å². The van der Waals surface area contributed by atoms with Crippen LogP contribution in [0.15, 0.2) is 47.1 Å². The molecule has 1 fully saturated rings. The lowest BCUT2D eigenvalue weighted by molar-refractivity contribution is -0.132. The second-order valence-electron chi connectivity index (χ2n) is 7.24. The number of allylic oxidation sites excluding steroid dienone is 1. The summed E-state index contributed by atoms with van der Waals surface area (Å²) in [5, 5.41) is 12.3. The number of primary amides is 1. The van der Waals surface area contributed by atoms with E-state index in [2.05, 4.69) is 10.3 Å². The van der Waals surface area contributed by atoms with Gasteiger partial charge >= 0.3 is 0 Å². The first-order chi connectivity index (χ1) is 12.4. The van der Waals surface area contributed by atoms with Gasteiger partial charge < -0.3 is 16.2 Å². The van der Waals surface area contributed by atoms with Gasteiger partial charge in [0.2, 0.25) is 5.91 Å². The lowest BCUT2D eigenvalue weighted by atomic mass is 9.60. The molecule has 138 valence electrons. The molecule has 2 aliphatic rings.